The van der Waals surface area contributed by atoms with E-state index in [-0.39, 0.29) is 12.5 Å². The van der Waals surface area contributed by atoms with Gasteiger partial charge in [0.15, 0.2) is 0 Å². The smallest absolute Gasteiger partial charge is 0.330 e. The summed E-state index contributed by atoms with van der Waals surface area (Å²) in [6.45, 7) is 8.47. The molecule has 0 aromatic carbocycles. The Bertz CT molecular complexity index is 592. The van der Waals surface area contributed by atoms with Gasteiger partial charge in [-0.05, 0) is 25.7 Å². The van der Waals surface area contributed by atoms with Crippen LogP contribution in [0.25, 0.3) is 0 Å². The van der Waals surface area contributed by atoms with Crippen molar-refractivity contribution in [2.45, 2.75) is 25.9 Å². The van der Waals surface area contributed by atoms with E-state index < -0.39 is 41.3 Å². The molecule has 2 rings (SSSR count). The van der Waals surface area contributed by atoms with E-state index in [1.54, 1.807) is 13.0 Å². The van der Waals surface area contributed by atoms with Crippen LogP contribution in [-0.2, 0) is 23.9 Å². The molecule has 130 valence electrons. The number of allylic oxidation sites excluding steroid dienone is 3. The highest BCUT2D eigenvalue weighted by atomic mass is 16.6. The standard InChI is InChI=1S/C18H22O6/c1-4-7-18-8-6-12(9-18)14(16(20)21)15(18)17(22)23-10-11(3)24-13(19)5-2/h4-6,8,11-12,14-15H,1-2,7,9-10H2,3H3,(H,20,21). The van der Waals surface area contributed by atoms with Crippen LogP contribution in [0.1, 0.15) is 19.8 Å². The Morgan fingerprint density at radius 1 is 1.42 bits per heavy atom. The molecule has 6 heteroatoms. The fraction of sp³-hybridized carbons (Fsp3) is 0.500. The zero-order chi connectivity index (χ0) is 17.9. The first-order chi connectivity index (χ1) is 11.3. The molecule has 0 amide bonds. The summed E-state index contributed by atoms with van der Waals surface area (Å²) in [6, 6.07) is 0. The topological polar surface area (TPSA) is 89.9 Å². The Hall–Kier alpha value is -2.37. The molecule has 6 nitrogen and oxygen atoms in total. The number of esters is 2. The summed E-state index contributed by atoms with van der Waals surface area (Å²) in [5.41, 5.74) is -0.548. The van der Waals surface area contributed by atoms with Gasteiger partial charge in [-0.1, -0.05) is 24.8 Å². The quantitative estimate of drug-likeness (QED) is 0.415. The zero-order valence-electron chi connectivity index (χ0n) is 13.6. The molecule has 5 atom stereocenters. The van der Waals surface area contributed by atoms with Gasteiger partial charge >= 0.3 is 17.9 Å². The van der Waals surface area contributed by atoms with Crippen LogP contribution in [0.15, 0.2) is 37.5 Å². The second kappa shape index (κ2) is 7.03. The lowest BCUT2D eigenvalue weighted by Gasteiger charge is -2.32. The molecule has 0 heterocycles. The van der Waals surface area contributed by atoms with Crippen molar-refractivity contribution in [3.63, 3.8) is 0 Å². The largest absolute Gasteiger partial charge is 0.481 e. The summed E-state index contributed by atoms with van der Waals surface area (Å²) in [6.07, 6.45) is 7.02. The molecule has 0 aliphatic heterocycles. The number of ether oxygens (including phenoxy) is 2. The molecule has 1 saturated carbocycles. The second-order valence-electron chi connectivity index (χ2n) is 6.38. The van der Waals surface area contributed by atoms with Crippen LogP contribution >= 0.6 is 0 Å². The predicted molar refractivity (Wildman–Crippen MR) is 85.8 cm³/mol. The van der Waals surface area contributed by atoms with Crippen molar-refractivity contribution in [3.05, 3.63) is 37.5 Å². The summed E-state index contributed by atoms with van der Waals surface area (Å²) >= 11 is 0. The average molecular weight is 334 g/mol. The van der Waals surface area contributed by atoms with Gasteiger partial charge < -0.3 is 14.6 Å². The van der Waals surface area contributed by atoms with Crippen molar-refractivity contribution >= 4 is 17.9 Å². The van der Waals surface area contributed by atoms with Gasteiger partial charge in [-0.2, -0.15) is 0 Å². The van der Waals surface area contributed by atoms with Gasteiger partial charge in [-0.3, -0.25) is 9.59 Å². The van der Waals surface area contributed by atoms with Crippen molar-refractivity contribution in [1.82, 2.24) is 0 Å². The summed E-state index contributed by atoms with van der Waals surface area (Å²) in [7, 11) is 0. The first-order valence-corrected chi connectivity index (χ1v) is 7.87. The van der Waals surface area contributed by atoms with E-state index in [1.807, 2.05) is 12.2 Å². The molecule has 1 N–H and O–H groups in total. The van der Waals surface area contributed by atoms with E-state index in [0.29, 0.717) is 12.8 Å². The third-order valence-electron chi connectivity index (χ3n) is 4.74. The van der Waals surface area contributed by atoms with Crippen molar-refractivity contribution in [2.24, 2.45) is 23.2 Å². The SMILES string of the molecule is C=CCC12C=CC(C1)C(C(=O)O)C2C(=O)OCC(C)OC(=O)C=C. The summed E-state index contributed by atoms with van der Waals surface area (Å²) in [5.74, 6) is -3.90. The number of carbonyl (C=O) groups excluding carboxylic acids is 2. The molecule has 2 aliphatic carbocycles. The monoisotopic (exact) mass is 334 g/mol. The molecular weight excluding hydrogens is 312 g/mol. The van der Waals surface area contributed by atoms with Gasteiger partial charge in [0.1, 0.15) is 12.7 Å². The summed E-state index contributed by atoms with van der Waals surface area (Å²) in [4.78, 5) is 35.3. The van der Waals surface area contributed by atoms with Gasteiger partial charge in [0.2, 0.25) is 0 Å². The fourth-order valence-electron chi connectivity index (χ4n) is 3.80. The van der Waals surface area contributed by atoms with Gasteiger partial charge in [-0.25, -0.2) is 4.79 Å². The fourth-order valence-corrected chi connectivity index (χ4v) is 3.80. The lowest BCUT2D eigenvalue weighted by atomic mass is 9.71. The van der Waals surface area contributed by atoms with Crippen LogP contribution in [0.2, 0.25) is 0 Å². The molecule has 0 aromatic heterocycles. The van der Waals surface area contributed by atoms with Crippen molar-refractivity contribution in [2.75, 3.05) is 6.61 Å². The van der Waals surface area contributed by atoms with Crippen LogP contribution in [0.3, 0.4) is 0 Å². The number of carbonyl (C=O) groups is 3. The molecule has 0 spiro atoms. The maximum absolute atomic E-state index is 12.6. The number of carboxylic acids is 1. The minimum atomic E-state index is -0.997. The second-order valence-corrected chi connectivity index (χ2v) is 6.38. The molecule has 0 saturated heterocycles. The maximum atomic E-state index is 12.6. The maximum Gasteiger partial charge on any atom is 0.330 e. The van der Waals surface area contributed by atoms with Crippen LogP contribution < -0.4 is 0 Å². The van der Waals surface area contributed by atoms with E-state index >= 15 is 0 Å². The molecule has 24 heavy (non-hydrogen) atoms. The van der Waals surface area contributed by atoms with E-state index in [2.05, 4.69) is 13.2 Å². The molecular formula is C18H22O6. The summed E-state index contributed by atoms with van der Waals surface area (Å²) < 4.78 is 10.2. The molecule has 1 fully saturated rings. The number of fused-ring (bicyclic) bond motifs is 2. The van der Waals surface area contributed by atoms with E-state index in [9.17, 15) is 19.5 Å². The van der Waals surface area contributed by atoms with Gasteiger partial charge in [0.25, 0.3) is 0 Å². The normalized spacial score (nSPS) is 31.3. The Morgan fingerprint density at radius 3 is 2.71 bits per heavy atom. The Balaban J connectivity index is 2.09. The van der Waals surface area contributed by atoms with E-state index in [4.69, 9.17) is 9.47 Å². The highest BCUT2D eigenvalue weighted by molar-refractivity contribution is 5.84. The summed E-state index contributed by atoms with van der Waals surface area (Å²) in [5, 5.41) is 9.52. The minimum absolute atomic E-state index is 0.125. The highest BCUT2D eigenvalue weighted by Crippen LogP contribution is 2.58. The zero-order valence-corrected chi connectivity index (χ0v) is 13.6. The van der Waals surface area contributed by atoms with Gasteiger partial charge in [-0.15, -0.1) is 6.58 Å². The lowest BCUT2D eigenvalue weighted by Crippen LogP contribution is -2.40. The third-order valence-corrected chi connectivity index (χ3v) is 4.74. The Morgan fingerprint density at radius 2 is 2.12 bits per heavy atom. The Kier molecular flexibility index (Phi) is 5.26. The number of rotatable bonds is 8. The average Bonchev–Trinajstić information content (AvgIpc) is 3.08. The first-order valence-electron chi connectivity index (χ1n) is 7.87. The number of carboxylic acid groups (broad SMARTS) is 1. The van der Waals surface area contributed by atoms with Crippen LogP contribution in [0.5, 0.6) is 0 Å². The third kappa shape index (κ3) is 3.27. The molecule has 0 radical (unpaired) electrons. The van der Waals surface area contributed by atoms with Crippen molar-refractivity contribution < 1.29 is 29.0 Å². The molecule has 2 aliphatic rings. The van der Waals surface area contributed by atoms with E-state index in [0.717, 1.165) is 6.08 Å². The molecule has 2 bridgehead atoms. The number of hydrogen-bond donors (Lipinski definition) is 1. The Labute approximate surface area is 140 Å². The van der Waals surface area contributed by atoms with Crippen molar-refractivity contribution in [1.29, 1.82) is 0 Å². The molecule has 5 unspecified atom stereocenters. The van der Waals surface area contributed by atoms with Gasteiger partial charge in [0.05, 0.1) is 11.8 Å². The predicted octanol–water partition coefficient (Wildman–Crippen LogP) is 2.12. The van der Waals surface area contributed by atoms with E-state index in [1.165, 1.54) is 0 Å². The van der Waals surface area contributed by atoms with Crippen LogP contribution in [0.4, 0.5) is 0 Å². The lowest BCUT2D eigenvalue weighted by molar-refractivity contribution is -0.165. The minimum Gasteiger partial charge on any atom is -0.481 e. The van der Waals surface area contributed by atoms with Crippen LogP contribution in [-0.4, -0.2) is 35.7 Å². The highest BCUT2D eigenvalue weighted by Gasteiger charge is 2.60. The number of aliphatic carboxylic acids is 1. The number of hydrogen-bond acceptors (Lipinski definition) is 5. The van der Waals surface area contributed by atoms with Crippen LogP contribution in [0, 0.1) is 23.2 Å². The van der Waals surface area contributed by atoms with Crippen molar-refractivity contribution in [3.8, 4) is 0 Å². The molecule has 0 aromatic rings. The first kappa shape index (κ1) is 18.0. The van der Waals surface area contributed by atoms with Gasteiger partial charge in [0, 0.05) is 11.5 Å².